The smallest absolute Gasteiger partial charge is 0.268 e. The van der Waals surface area contributed by atoms with Crippen molar-refractivity contribution >= 4 is 51.8 Å². The minimum atomic E-state index is -0.562. The molecule has 1 aromatic carbocycles. The first-order valence-electron chi connectivity index (χ1n) is 8.21. The summed E-state index contributed by atoms with van der Waals surface area (Å²) in [5, 5.41) is 0. The molecule has 1 aliphatic heterocycles. The molecule has 0 saturated carbocycles. The number of carbonyl (C=O) groups excluding carboxylic acids is 1. The molecule has 0 radical (unpaired) electrons. The van der Waals surface area contributed by atoms with Gasteiger partial charge in [-0.3, -0.25) is 9.10 Å². The van der Waals surface area contributed by atoms with Gasteiger partial charge < -0.3 is 4.74 Å². The van der Waals surface area contributed by atoms with Crippen molar-refractivity contribution in [2.24, 2.45) is 0 Å². The van der Waals surface area contributed by atoms with Crippen LogP contribution < -0.4 is 0 Å². The van der Waals surface area contributed by atoms with Crippen LogP contribution in [0, 0.1) is 20.8 Å². The zero-order valence-corrected chi connectivity index (χ0v) is 18.3. The van der Waals surface area contributed by atoms with Gasteiger partial charge in [0.05, 0.1) is 5.57 Å². The summed E-state index contributed by atoms with van der Waals surface area (Å²) in [4.78, 5) is 13.2. The highest BCUT2D eigenvalue weighted by molar-refractivity contribution is 8.22. The van der Waals surface area contributed by atoms with Gasteiger partial charge >= 0.3 is 0 Å². The maximum absolute atomic E-state index is 13.2. The molecule has 0 fully saturated rings. The lowest BCUT2D eigenvalue weighted by atomic mass is 9.91. The summed E-state index contributed by atoms with van der Waals surface area (Å²) in [5.41, 5.74) is 4.37. The van der Waals surface area contributed by atoms with Crippen LogP contribution in [0.15, 0.2) is 17.9 Å². The first-order valence-corrected chi connectivity index (χ1v) is 10.8. The third kappa shape index (κ3) is 3.76. The Morgan fingerprint density at radius 3 is 2.28 bits per heavy atom. The lowest BCUT2D eigenvalue weighted by Crippen LogP contribution is -2.39. The van der Waals surface area contributed by atoms with E-state index in [4.69, 9.17) is 17.0 Å². The van der Waals surface area contributed by atoms with Gasteiger partial charge in [-0.15, -0.1) is 0 Å². The Kier molecular flexibility index (Phi) is 6.28. The summed E-state index contributed by atoms with van der Waals surface area (Å²) in [6, 6.07) is 4.21. The number of carbonyl (C=O) groups is 1. The topological polar surface area (TPSA) is 29.5 Å². The zero-order valence-electron chi connectivity index (χ0n) is 15.9. The minimum Gasteiger partial charge on any atom is -0.441 e. The van der Waals surface area contributed by atoms with Gasteiger partial charge in [0.2, 0.25) is 4.38 Å². The number of ether oxygens (including phenoxy) is 1. The van der Waals surface area contributed by atoms with E-state index in [0.29, 0.717) is 15.7 Å². The summed E-state index contributed by atoms with van der Waals surface area (Å²) in [5.74, 6) is 1.46. The number of benzene rings is 1. The number of hydrogen-bond donors (Lipinski definition) is 0. The number of thioether (sulfide) groups is 1. The molecule has 25 heavy (non-hydrogen) atoms. The van der Waals surface area contributed by atoms with Gasteiger partial charge in [-0.05, 0) is 81.2 Å². The molecule has 0 atom stereocenters. The Balaban J connectivity index is 2.70. The molecule has 1 aromatic rings. The fourth-order valence-corrected chi connectivity index (χ4v) is 4.97. The van der Waals surface area contributed by atoms with E-state index in [-0.39, 0.29) is 5.91 Å². The second kappa shape index (κ2) is 7.72. The van der Waals surface area contributed by atoms with Crippen LogP contribution in [-0.4, -0.2) is 32.1 Å². The van der Waals surface area contributed by atoms with Gasteiger partial charge in [0.1, 0.15) is 11.3 Å². The van der Waals surface area contributed by atoms with E-state index in [9.17, 15) is 4.79 Å². The molecule has 0 saturated heterocycles. The molecule has 1 aliphatic rings. The number of aryl methyl sites for hydroxylation is 3. The third-order valence-electron chi connectivity index (χ3n) is 4.25. The molecular weight excluding hydrogens is 370 g/mol. The minimum absolute atomic E-state index is 0.0214. The highest BCUT2D eigenvalue weighted by Crippen LogP contribution is 2.45. The molecule has 2 rings (SSSR count). The number of nitrogens with zero attached hydrogens (tertiary/aromatic N) is 1. The normalized spacial score (nSPS) is 16.6. The average molecular weight is 396 g/mol. The molecular formula is C19H25NO2S3. The second-order valence-electron chi connectivity index (χ2n) is 6.60. The van der Waals surface area contributed by atoms with Crippen molar-refractivity contribution in [1.29, 1.82) is 0 Å². The van der Waals surface area contributed by atoms with E-state index in [1.54, 1.807) is 4.31 Å². The average Bonchev–Trinajstić information content (AvgIpc) is 2.66. The van der Waals surface area contributed by atoms with Gasteiger partial charge in [0.25, 0.3) is 5.91 Å². The molecule has 0 aliphatic carbocycles. The van der Waals surface area contributed by atoms with Gasteiger partial charge in [0, 0.05) is 6.26 Å². The van der Waals surface area contributed by atoms with Gasteiger partial charge in [-0.1, -0.05) is 36.4 Å². The Morgan fingerprint density at radius 2 is 1.80 bits per heavy atom. The fourth-order valence-electron chi connectivity index (χ4n) is 3.36. The predicted molar refractivity (Wildman–Crippen MR) is 114 cm³/mol. The van der Waals surface area contributed by atoms with E-state index in [1.807, 2.05) is 40.9 Å². The highest BCUT2D eigenvalue weighted by atomic mass is 32.2. The fraction of sp³-hybridized carbons (Fsp3) is 0.474. The van der Waals surface area contributed by atoms with E-state index in [1.165, 1.54) is 29.3 Å². The molecule has 1 heterocycles. The maximum Gasteiger partial charge on any atom is 0.268 e. The van der Waals surface area contributed by atoms with Crippen molar-refractivity contribution in [2.45, 2.75) is 47.1 Å². The summed E-state index contributed by atoms with van der Waals surface area (Å²) in [6.07, 6.45) is 1.91. The first kappa shape index (κ1) is 20.3. The van der Waals surface area contributed by atoms with Gasteiger partial charge in [0.15, 0.2) is 0 Å². The number of rotatable bonds is 4. The van der Waals surface area contributed by atoms with Crippen LogP contribution >= 0.6 is 35.9 Å². The van der Waals surface area contributed by atoms with Crippen molar-refractivity contribution in [3.05, 3.63) is 40.1 Å². The zero-order chi connectivity index (χ0) is 18.9. The van der Waals surface area contributed by atoms with Crippen LogP contribution in [0.3, 0.4) is 0 Å². The molecule has 136 valence electrons. The molecule has 1 amide bonds. The lowest BCUT2D eigenvalue weighted by Gasteiger charge is -2.31. The molecule has 6 heteroatoms. The molecule has 0 unspecified atom stereocenters. The largest absolute Gasteiger partial charge is 0.441 e. The standard InChI is InChI=1S/C19H25NO2S3/c1-8-25-18(23)22-16-15(17(21)20(24-7)19(16,5)6)14-12(3)9-11(2)10-13(14)4/h9-10H,8H2,1-7H3. The second-order valence-corrected chi connectivity index (χ2v) is 9.20. The van der Waals surface area contributed by atoms with E-state index in [0.717, 1.165) is 22.4 Å². The first-order chi connectivity index (χ1) is 11.6. The molecule has 0 aromatic heterocycles. The summed E-state index contributed by atoms with van der Waals surface area (Å²) >= 11 is 8.26. The van der Waals surface area contributed by atoms with E-state index in [2.05, 4.69) is 19.1 Å². The Hall–Kier alpha value is -0.980. The molecule has 0 spiro atoms. The maximum atomic E-state index is 13.2. The van der Waals surface area contributed by atoms with Crippen LogP contribution in [0.4, 0.5) is 0 Å². The summed E-state index contributed by atoms with van der Waals surface area (Å²) in [7, 11) is 0. The SMILES string of the molecule is CCSC(=S)OC1=C(c2c(C)cc(C)cc2C)C(=O)N(SC)C1(C)C. The van der Waals surface area contributed by atoms with Crippen LogP contribution in [0.2, 0.25) is 0 Å². The van der Waals surface area contributed by atoms with Crippen molar-refractivity contribution in [3.63, 3.8) is 0 Å². The van der Waals surface area contributed by atoms with E-state index < -0.39 is 5.54 Å². The van der Waals surface area contributed by atoms with Crippen molar-refractivity contribution in [1.82, 2.24) is 4.31 Å². The third-order valence-corrected chi connectivity index (χ3v) is 6.28. The Labute approximate surface area is 164 Å². The van der Waals surface area contributed by atoms with Crippen LogP contribution in [0.25, 0.3) is 5.57 Å². The van der Waals surface area contributed by atoms with Crippen molar-refractivity contribution < 1.29 is 9.53 Å². The Morgan fingerprint density at radius 1 is 1.24 bits per heavy atom. The number of amides is 1. The quantitative estimate of drug-likeness (QED) is 0.511. The van der Waals surface area contributed by atoms with Crippen molar-refractivity contribution in [3.8, 4) is 0 Å². The molecule has 3 nitrogen and oxygen atoms in total. The number of thiocarbonyl (C=S) groups is 1. The molecule has 0 N–H and O–H groups in total. The molecule has 0 bridgehead atoms. The van der Waals surface area contributed by atoms with Crippen LogP contribution in [0.1, 0.15) is 43.0 Å². The summed E-state index contributed by atoms with van der Waals surface area (Å²) < 4.78 is 8.31. The monoisotopic (exact) mass is 395 g/mol. The van der Waals surface area contributed by atoms with Gasteiger partial charge in [-0.2, -0.15) is 0 Å². The number of hydrogen-bond acceptors (Lipinski definition) is 5. The van der Waals surface area contributed by atoms with Crippen molar-refractivity contribution in [2.75, 3.05) is 12.0 Å². The van der Waals surface area contributed by atoms with Crippen LogP contribution in [0.5, 0.6) is 0 Å². The predicted octanol–water partition coefficient (Wildman–Crippen LogP) is 5.28. The van der Waals surface area contributed by atoms with E-state index >= 15 is 0 Å². The highest BCUT2D eigenvalue weighted by Gasteiger charge is 2.48. The van der Waals surface area contributed by atoms with Crippen LogP contribution in [-0.2, 0) is 9.53 Å². The van der Waals surface area contributed by atoms with Gasteiger partial charge in [-0.25, -0.2) is 0 Å². The lowest BCUT2D eigenvalue weighted by molar-refractivity contribution is -0.121. The Bertz CT molecular complexity index is 730. The summed E-state index contributed by atoms with van der Waals surface area (Å²) in [6.45, 7) is 12.2.